The molecule has 0 aliphatic carbocycles. The lowest BCUT2D eigenvalue weighted by Gasteiger charge is -2.29. The lowest BCUT2D eigenvalue weighted by molar-refractivity contribution is 0.0554. The van der Waals surface area contributed by atoms with Gasteiger partial charge in [0.2, 0.25) is 0 Å². The summed E-state index contributed by atoms with van der Waals surface area (Å²) in [6, 6.07) is 14.3. The molecule has 0 spiro atoms. The Hall–Kier alpha value is -1.16. The van der Waals surface area contributed by atoms with Crippen molar-refractivity contribution >= 4 is 11.3 Å². The molecule has 2 rings (SSSR count). The summed E-state index contributed by atoms with van der Waals surface area (Å²) in [7, 11) is 0. The standard InChI is InChI=1S/C17H22O2S/c1-2-15-8-9-16(20-15)11-17(12-18,13-19)10-14-6-4-3-5-7-14/h3-9,18-19H,2,10-13H2,1H3. The molecule has 2 nitrogen and oxygen atoms in total. The first kappa shape index (κ1) is 15.2. The van der Waals surface area contributed by atoms with Crippen LogP contribution in [0.5, 0.6) is 0 Å². The summed E-state index contributed by atoms with van der Waals surface area (Å²) < 4.78 is 0. The second kappa shape index (κ2) is 7.02. The quantitative estimate of drug-likeness (QED) is 0.823. The summed E-state index contributed by atoms with van der Waals surface area (Å²) in [5.41, 5.74) is 0.680. The van der Waals surface area contributed by atoms with Gasteiger partial charge in [-0.3, -0.25) is 0 Å². The molecule has 0 aliphatic heterocycles. The highest BCUT2D eigenvalue weighted by Gasteiger charge is 2.30. The van der Waals surface area contributed by atoms with Gasteiger partial charge in [-0.1, -0.05) is 37.3 Å². The van der Waals surface area contributed by atoms with E-state index in [1.54, 1.807) is 11.3 Å². The number of hydrogen-bond acceptors (Lipinski definition) is 3. The highest BCUT2D eigenvalue weighted by atomic mass is 32.1. The number of rotatable bonds is 7. The number of aryl methyl sites for hydroxylation is 1. The van der Waals surface area contributed by atoms with Crippen LogP contribution in [0.2, 0.25) is 0 Å². The first-order valence-electron chi connectivity index (χ1n) is 7.04. The minimum atomic E-state index is -0.475. The number of thiophene rings is 1. The van der Waals surface area contributed by atoms with E-state index in [1.165, 1.54) is 9.75 Å². The average Bonchev–Trinajstić information content (AvgIpc) is 2.95. The monoisotopic (exact) mass is 290 g/mol. The summed E-state index contributed by atoms with van der Waals surface area (Å²) >= 11 is 1.78. The van der Waals surface area contributed by atoms with Crippen molar-refractivity contribution < 1.29 is 10.2 Å². The van der Waals surface area contributed by atoms with Crippen molar-refractivity contribution in [1.29, 1.82) is 0 Å². The molecule has 0 saturated heterocycles. The van der Waals surface area contributed by atoms with E-state index in [1.807, 2.05) is 30.3 Å². The Morgan fingerprint density at radius 2 is 1.55 bits per heavy atom. The Labute approximate surface area is 124 Å². The third-order valence-corrected chi connectivity index (χ3v) is 4.94. The minimum Gasteiger partial charge on any atom is -0.396 e. The Morgan fingerprint density at radius 1 is 0.900 bits per heavy atom. The molecule has 1 heterocycles. The first-order valence-corrected chi connectivity index (χ1v) is 7.86. The van der Waals surface area contributed by atoms with Gasteiger partial charge < -0.3 is 10.2 Å². The van der Waals surface area contributed by atoms with Gasteiger partial charge in [0.15, 0.2) is 0 Å². The lowest BCUT2D eigenvalue weighted by atomic mass is 9.79. The van der Waals surface area contributed by atoms with Crippen LogP contribution in [0.25, 0.3) is 0 Å². The van der Waals surface area contributed by atoms with Crippen LogP contribution in [0.4, 0.5) is 0 Å². The van der Waals surface area contributed by atoms with Crippen molar-refractivity contribution in [2.75, 3.05) is 13.2 Å². The molecule has 0 atom stereocenters. The molecular formula is C17H22O2S. The van der Waals surface area contributed by atoms with Gasteiger partial charge in [0, 0.05) is 15.2 Å². The molecular weight excluding hydrogens is 268 g/mol. The zero-order chi connectivity index (χ0) is 14.4. The van der Waals surface area contributed by atoms with Gasteiger partial charge in [-0.25, -0.2) is 0 Å². The van der Waals surface area contributed by atoms with Crippen LogP contribution in [-0.4, -0.2) is 23.4 Å². The fraction of sp³-hybridized carbons (Fsp3) is 0.412. The van der Waals surface area contributed by atoms with Crippen LogP contribution in [0.1, 0.15) is 22.2 Å². The fourth-order valence-electron chi connectivity index (χ4n) is 2.44. The van der Waals surface area contributed by atoms with Gasteiger partial charge in [-0.05, 0) is 37.0 Å². The number of hydrogen-bond donors (Lipinski definition) is 2. The highest BCUT2D eigenvalue weighted by Crippen LogP contribution is 2.30. The lowest BCUT2D eigenvalue weighted by Crippen LogP contribution is -2.34. The maximum atomic E-state index is 9.81. The Balaban J connectivity index is 2.16. The van der Waals surface area contributed by atoms with E-state index in [0.717, 1.165) is 18.4 Å². The van der Waals surface area contributed by atoms with Crippen molar-refractivity contribution in [3.63, 3.8) is 0 Å². The van der Waals surface area contributed by atoms with E-state index in [9.17, 15) is 10.2 Å². The SMILES string of the molecule is CCc1ccc(CC(CO)(CO)Cc2ccccc2)s1. The average molecular weight is 290 g/mol. The van der Waals surface area contributed by atoms with E-state index in [0.29, 0.717) is 6.42 Å². The van der Waals surface area contributed by atoms with Crippen molar-refractivity contribution in [2.24, 2.45) is 5.41 Å². The smallest absolute Gasteiger partial charge is 0.0516 e. The van der Waals surface area contributed by atoms with Crippen molar-refractivity contribution in [3.05, 3.63) is 57.8 Å². The van der Waals surface area contributed by atoms with E-state index in [2.05, 4.69) is 19.1 Å². The Bertz CT molecular complexity index is 515. The minimum absolute atomic E-state index is 0.00223. The molecule has 2 N–H and O–H groups in total. The van der Waals surface area contributed by atoms with Gasteiger partial charge in [0.1, 0.15) is 0 Å². The van der Waals surface area contributed by atoms with Gasteiger partial charge in [-0.15, -0.1) is 11.3 Å². The Kier molecular flexibility index (Phi) is 5.35. The maximum Gasteiger partial charge on any atom is 0.0516 e. The summed E-state index contributed by atoms with van der Waals surface area (Å²) in [4.78, 5) is 2.59. The Morgan fingerprint density at radius 3 is 2.10 bits per heavy atom. The van der Waals surface area contributed by atoms with Gasteiger partial charge in [-0.2, -0.15) is 0 Å². The molecule has 0 saturated carbocycles. The molecule has 0 unspecified atom stereocenters. The summed E-state index contributed by atoms with van der Waals surface area (Å²) in [5.74, 6) is 0. The highest BCUT2D eigenvalue weighted by molar-refractivity contribution is 7.11. The third kappa shape index (κ3) is 3.69. The van der Waals surface area contributed by atoms with Crippen molar-refractivity contribution in [3.8, 4) is 0 Å². The first-order chi connectivity index (χ1) is 9.71. The van der Waals surface area contributed by atoms with Crippen LogP contribution >= 0.6 is 11.3 Å². The van der Waals surface area contributed by atoms with E-state index >= 15 is 0 Å². The topological polar surface area (TPSA) is 40.5 Å². The zero-order valence-corrected chi connectivity index (χ0v) is 12.7. The predicted octanol–water partition coefficient (Wildman–Crippen LogP) is 3.07. The van der Waals surface area contributed by atoms with Crippen molar-refractivity contribution in [1.82, 2.24) is 0 Å². The summed E-state index contributed by atoms with van der Waals surface area (Å²) in [5, 5.41) is 19.6. The largest absolute Gasteiger partial charge is 0.396 e. The van der Waals surface area contributed by atoms with Crippen LogP contribution < -0.4 is 0 Å². The van der Waals surface area contributed by atoms with E-state index in [-0.39, 0.29) is 13.2 Å². The summed E-state index contributed by atoms with van der Waals surface area (Å²) in [6.07, 6.45) is 2.45. The molecule has 1 aromatic heterocycles. The predicted molar refractivity (Wildman–Crippen MR) is 84.2 cm³/mol. The molecule has 0 fully saturated rings. The zero-order valence-electron chi connectivity index (χ0n) is 11.9. The molecule has 0 aliphatic rings. The molecule has 2 aromatic rings. The molecule has 20 heavy (non-hydrogen) atoms. The van der Waals surface area contributed by atoms with E-state index in [4.69, 9.17) is 0 Å². The van der Waals surface area contributed by atoms with Crippen LogP contribution in [-0.2, 0) is 19.3 Å². The van der Waals surface area contributed by atoms with Gasteiger partial charge in [0.05, 0.1) is 13.2 Å². The van der Waals surface area contributed by atoms with Crippen LogP contribution in [0, 0.1) is 5.41 Å². The second-order valence-electron chi connectivity index (χ2n) is 5.38. The molecule has 3 heteroatoms. The normalized spacial score (nSPS) is 11.8. The maximum absolute atomic E-state index is 9.81. The molecule has 0 radical (unpaired) electrons. The third-order valence-electron chi connectivity index (χ3n) is 3.71. The molecule has 0 amide bonds. The molecule has 0 bridgehead atoms. The number of aliphatic hydroxyl groups is 2. The number of aliphatic hydroxyl groups excluding tert-OH is 2. The fourth-order valence-corrected chi connectivity index (χ4v) is 3.57. The van der Waals surface area contributed by atoms with Gasteiger partial charge >= 0.3 is 0 Å². The van der Waals surface area contributed by atoms with Crippen LogP contribution in [0.15, 0.2) is 42.5 Å². The van der Waals surface area contributed by atoms with Gasteiger partial charge in [0.25, 0.3) is 0 Å². The van der Waals surface area contributed by atoms with Crippen LogP contribution in [0.3, 0.4) is 0 Å². The molecule has 1 aromatic carbocycles. The van der Waals surface area contributed by atoms with E-state index < -0.39 is 5.41 Å². The summed E-state index contributed by atoms with van der Waals surface area (Å²) in [6.45, 7) is 2.14. The second-order valence-corrected chi connectivity index (χ2v) is 6.63. The van der Waals surface area contributed by atoms with Crippen molar-refractivity contribution in [2.45, 2.75) is 26.2 Å². The number of benzene rings is 1. The molecule has 108 valence electrons.